The predicted molar refractivity (Wildman–Crippen MR) is 49.7 cm³/mol. The summed E-state index contributed by atoms with van der Waals surface area (Å²) in [4.78, 5) is 10.6. The summed E-state index contributed by atoms with van der Waals surface area (Å²) >= 11 is 0. The standard InChI is InChI=1S/C9H10O3.Na/c1-11-9(10)7-12-8-5-3-2-4-6-8;/h2-6H,7H2,1H3;. The summed E-state index contributed by atoms with van der Waals surface area (Å²) in [6.07, 6.45) is 0. The van der Waals surface area contributed by atoms with Gasteiger partial charge in [0.2, 0.25) is 0 Å². The van der Waals surface area contributed by atoms with Gasteiger partial charge in [0, 0.05) is 29.6 Å². The van der Waals surface area contributed by atoms with Crippen LogP contribution in [0.15, 0.2) is 30.3 Å². The predicted octanol–water partition coefficient (Wildman–Crippen LogP) is 0.858. The van der Waals surface area contributed by atoms with Crippen LogP contribution < -0.4 is 4.74 Å². The maximum absolute atomic E-state index is 10.6. The van der Waals surface area contributed by atoms with Crippen molar-refractivity contribution in [2.45, 2.75) is 0 Å². The van der Waals surface area contributed by atoms with E-state index in [1.807, 2.05) is 18.2 Å². The number of methoxy groups -OCH3 is 1. The fraction of sp³-hybridized carbons (Fsp3) is 0.222. The zero-order valence-corrected chi connectivity index (χ0v) is 9.82. The smallest absolute Gasteiger partial charge is 0.343 e. The fourth-order valence-corrected chi connectivity index (χ4v) is 0.718. The first-order chi connectivity index (χ1) is 5.83. The monoisotopic (exact) mass is 189 g/mol. The van der Waals surface area contributed by atoms with Crippen LogP contribution in [0.2, 0.25) is 0 Å². The zero-order valence-electron chi connectivity index (χ0n) is 7.82. The Bertz CT molecular complexity index is 248. The molecule has 0 aliphatic rings. The number of carbonyl (C=O) groups is 1. The Morgan fingerprint density at radius 3 is 2.46 bits per heavy atom. The Hall–Kier alpha value is -0.510. The minimum absolute atomic E-state index is 0. The van der Waals surface area contributed by atoms with Gasteiger partial charge in [-0.05, 0) is 12.1 Å². The Morgan fingerprint density at radius 2 is 1.92 bits per heavy atom. The van der Waals surface area contributed by atoms with Crippen molar-refractivity contribution >= 4 is 35.5 Å². The van der Waals surface area contributed by atoms with E-state index in [1.54, 1.807) is 12.1 Å². The number of hydrogen-bond acceptors (Lipinski definition) is 3. The van der Waals surface area contributed by atoms with Gasteiger partial charge in [0.05, 0.1) is 7.11 Å². The largest absolute Gasteiger partial charge is 0.482 e. The summed E-state index contributed by atoms with van der Waals surface area (Å²) in [6.45, 7) is -0.0412. The fourth-order valence-electron chi connectivity index (χ4n) is 0.718. The van der Waals surface area contributed by atoms with Gasteiger partial charge in [-0.2, -0.15) is 0 Å². The van der Waals surface area contributed by atoms with E-state index in [-0.39, 0.29) is 42.1 Å². The first-order valence-electron chi connectivity index (χ1n) is 3.57. The van der Waals surface area contributed by atoms with Crippen molar-refractivity contribution in [2.75, 3.05) is 13.7 Å². The van der Waals surface area contributed by atoms with Gasteiger partial charge in [0.1, 0.15) is 5.75 Å². The average Bonchev–Trinajstić information content (AvgIpc) is 2.16. The molecule has 0 bridgehead atoms. The van der Waals surface area contributed by atoms with Gasteiger partial charge < -0.3 is 9.47 Å². The molecule has 0 atom stereocenters. The van der Waals surface area contributed by atoms with Crippen molar-refractivity contribution in [2.24, 2.45) is 0 Å². The van der Waals surface area contributed by atoms with Crippen LogP contribution in [0.4, 0.5) is 0 Å². The minimum Gasteiger partial charge on any atom is -0.482 e. The third-order valence-electron chi connectivity index (χ3n) is 1.33. The molecule has 0 aromatic heterocycles. The molecule has 0 heterocycles. The van der Waals surface area contributed by atoms with Gasteiger partial charge in [-0.15, -0.1) is 0 Å². The number of rotatable bonds is 3. The van der Waals surface area contributed by atoms with Crippen LogP contribution in [0, 0.1) is 0 Å². The molecule has 0 fully saturated rings. The van der Waals surface area contributed by atoms with E-state index in [4.69, 9.17) is 4.74 Å². The Morgan fingerprint density at radius 1 is 1.31 bits per heavy atom. The molecular formula is C9H10NaO3. The second kappa shape index (κ2) is 6.95. The van der Waals surface area contributed by atoms with Gasteiger partial charge in [-0.1, -0.05) is 18.2 Å². The van der Waals surface area contributed by atoms with Crippen LogP contribution >= 0.6 is 0 Å². The molecule has 0 N–H and O–H groups in total. The topological polar surface area (TPSA) is 35.5 Å². The van der Waals surface area contributed by atoms with Crippen molar-refractivity contribution in [3.05, 3.63) is 30.3 Å². The van der Waals surface area contributed by atoms with Crippen LogP contribution in [0.3, 0.4) is 0 Å². The number of benzene rings is 1. The second-order valence-corrected chi connectivity index (χ2v) is 2.18. The molecule has 0 aliphatic carbocycles. The molecule has 1 aromatic carbocycles. The molecule has 13 heavy (non-hydrogen) atoms. The van der Waals surface area contributed by atoms with E-state index in [9.17, 15) is 4.79 Å². The summed E-state index contributed by atoms with van der Waals surface area (Å²) in [5, 5.41) is 0. The zero-order chi connectivity index (χ0) is 8.81. The molecular weight excluding hydrogens is 179 g/mol. The molecule has 0 unspecified atom stereocenters. The summed E-state index contributed by atoms with van der Waals surface area (Å²) in [5.41, 5.74) is 0. The number of carbonyl (C=O) groups excluding carboxylic acids is 1. The quantitative estimate of drug-likeness (QED) is 0.522. The van der Waals surface area contributed by atoms with Crippen molar-refractivity contribution in [3.8, 4) is 5.75 Å². The van der Waals surface area contributed by atoms with E-state index in [2.05, 4.69) is 4.74 Å². The molecule has 0 saturated heterocycles. The molecule has 0 saturated carbocycles. The van der Waals surface area contributed by atoms with E-state index >= 15 is 0 Å². The maximum Gasteiger partial charge on any atom is 0.343 e. The molecule has 4 heteroatoms. The van der Waals surface area contributed by atoms with Gasteiger partial charge in [-0.3, -0.25) is 0 Å². The minimum atomic E-state index is -0.376. The number of hydrogen-bond donors (Lipinski definition) is 0. The van der Waals surface area contributed by atoms with Crippen LogP contribution in [-0.4, -0.2) is 49.2 Å². The van der Waals surface area contributed by atoms with Crippen LogP contribution in [0.25, 0.3) is 0 Å². The van der Waals surface area contributed by atoms with Crippen LogP contribution in [0.1, 0.15) is 0 Å². The molecule has 0 spiro atoms. The van der Waals surface area contributed by atoms with Gasteiger partial charge >= 0.3 is 5.97 Å². The molecule has 1 radical (unpaired) electrons. The van der Waals surface area contributed by atoms with Crippen LogP contribution in [0.5, 0.6) is 5.75 Å². The van der Waals surface area contributed by atoms with Crippen LogP contribution in [-0.2, 0) is 9.53 Å². The molecule has 0 aliphatic heterocycles. The normalized spacial score (nSPS) is 8.38. The molecule has 3 nitrogen and oxygen atoms in total. The maximum atomic E-state index is 10.6. The third-order valence-corrected chi connectivity index (χ3v) is 1.33. The first kappa shape index (κ1) is 12.5. The second-order valence-electron chi connectivity index (χ2n) is 2.18. The van der Waals surface area contributed by atoms with Gasteiger partial charge in [-0.25, -0.2) is 4.79 Å². The summed E-state index contributed by atoms with van der Waals surface area (Å²) < 4.78 is 9.49. The van der Waals surface area contributed by atoms with Crippen molar-refractivity contribution in [3.63, 3.8) is 0 Å². The summed E-state index contributed by atoms with van der Waals surface area (Å²) in [6, 6.07) is 9.12. The molecule has 0 amide bonds. The van der Waals surface area contributed by atoms with E-state index < -0.39 is 0 Å². The molecule has 65 valence electrons. The summed E-state index contributed by atoms with van der Waals surface area (Å²) in [7, 11) is 1.33. The SMILES string of the molecule is COC(=O)COc1ccccc1.[Na]. The first-order valence-corrected chi connectivity index (χ1v) is 3.57. The Labute approximate surface area is 99.3 Å². The van der Waals surface area contributed by atoms with Crippen molar-refractivity contribution < 1.29 is 14.3 Å². The van der Waals surface area contributed by atoms with Crippen molar-refractivity contribution in [1.29, 1.82) is 0 Å². The Balaban J connectivity index is 0.00000144. The van der Waals surface area contributed by atoms with Gasteiger partial charge in [0.15, 0.2) is 6.61 Å². The van der Waals surface area contributed by atoms with E-state index in [0.717, 1.165) is 0 Å². The number of esters is 1. The van der Waals surface area contributed by atoms with Gasteiger partial charge in [0.25, 0.3) is 0 Å². The molecule has 1 aromatic rings. The average molecular weight is 189 g/mol. The number of ether oxygens (including phenoxy) is 2. The van der Waals surface area contributed by atoms with Crippen molar-refractivity contribution in [1.82, 2.24) is 0 Å². The number of para-hydroxylation sites is 1. The van der Waals surface area contributed by atoms with E-state index in [1.165, 1.54) is 7.11 Å². The molecule has 1 rings (SSSR count). The van der Waals surface area contributed by atoms with E-state index in [0.29, 0.717) is 5.75 Å². The third kappa shape index (κ3) is 4.93. The summed E-state index contributed by atoms with van der Waals surface area (Å²) in [5.74, 6) is 0.293. The Kier molecular flexibility index (Phi) is 6.68.